The number of H-pyrrole nitrogens is 1. The molecular formula is C33H26N4O5S. The van der Waals surface area contributed by atoms with Crippen LogP contribution in [0.25, 0.3) is 17.0 Å². The lowest BCUT2D eigenvalue weighted by Crippen LogP contribution is -2.30. The maximum Gasteiger partial charge on any atom is 0.272 e. The molecule has 9 nitrogen and oxygen atoms in total. The molecule has 0 saturated carbocycles. The van der Waals surface area contributed by atoms with E-state index in [9.17, 15) is 14.4 Å². The number of aromatic nitrogens is 1. The molecule has 4 aromatic carbocycles. The summed E-state index contributed by atoms with van der Waals surface area (Å²) in [4.78, 5) is 42.9. The average Bonchev–Trinajstić information content (AvgIpc) is 3.67. The van der Waals surface area contributed by atoms with E-state index in [2.05, 4.69) is 20.9 Å². The second-order valence-corrected chi connectivity index (χ2v) is 10.6. The van der Waals surface area contributed by atoms with Crippen LogP contribution in [0.5, 0.6) is 11.5 Å². The van der Waals surface area contributed by atoms with E-state index in [4.69, 9.17) is 9.47 Å². The standard InChI is InChI=1S/C33H26N4O5S/c38-31(35-24-12-15-29-30(17-24)42-20-41-29)19-43-25-13-10-23(11-14-25)36-33(40)28(37-32(39)21-6-2-1-3-7-21)16-22-18-34-27-9-5-4-8-26(22)27/h1-18,34H,19-20H2,(H,35,38)(H,36,40)(H,37,39)/b28-16+. The van der Waals surface area contributed by atoms with E-state index in [-0.39, 0.29) is 24.2 Å². The lowest BCUT2D eigenvalue weighted by atomic mass is 10.1. The Morgan fingerprint density at radius 2 is 1.56 bits per heavy atom. The number of hydrogen-bond acceptors (Lipinski definition) is 6. The van der Waals surface area contributed by atoms with Gasteiger partial charge in [0.15, 0.2) is 11.5 Å². The average molecular weight is 591 g/mol. The van der Waals surface area contributed by atoms with Crippen molar-refractivity contribution in [1.82, 2.24) is 10.3 Å². The first-order chi connectivity index (χ1) is 21.0. The summed E-state index contributed by atoms with van der Waals surface area (Å²) in [6, 6.07) is 28.8. The normalized spacial score (nSPS) is 12.1. The number of carbonyl (C=O) groups excluding carboxylic acids is 3. The Bertz CT molecular complexity index is 1830. The minimum Gasteiger partial charge on any atom is -0.454 e. The highest BCUT2D eigenvalue weighted by Gasteiger charge is 2.17. The highest BCUT2D eigenvalue weighted by molar-refractivity contribution is 8.00. The van der Waals surface area contributed by atoms with Crippen LogP contribution in [0.15, 0.2) is 114 Å². The minimum absolute atomic E-state index is 0.0947. The van der Waals surface area contributed by atoms with Crippen LogP contribution < -0.4 is 25.4 Å². The van der Waals surface area contributed by atoms with Crippen LogP contribution >= 0.6 is 11.8 Å². The molecule has 1 aromatic heterocycles. The Labute approximate surface area is 251 Å². The molecule has 0 aliphatic carbocycles. The molecule has 214 valence electrons. The van der Waals surface area contributed by atoms with Gasteiger partial charge in [0.1, 0.15) is 5.70 Å². The Morgan fingerprint density at radius 1 is 0.814 bits per heavy atom. The van der Waals surface area contributed by atoms with Crippen LogP contribution in [-0.4, -0.2) is 35.3 Å². The zero-order chi connectivity index (χ0) is 29.6. The smallest absolute Gasteiger partial charge is 0.272 e. The van der Waals surface area contributed by atoms with Gasteiger partial charge in [-0.3, -0.25) is 14.4 Å². The number of benzene rings is 4. The van der Waals surface area contributed by atoms with Crippen LogP contribution in [0.2, 0.25) is 0 Å². The highest BCUT2D eigenvalue weighted by atomic mass is 32.2. The van der Waals surface area contributed by atoms with Gasteiger partial charge in [-0.25, -0.2) is 0 Å². The molecule has 0 spiro atoms. The minimum atomic E-state index is -0.474. The number of nitrogens with one attached hydrogen (secondary N) is 4. The molecule has 6 rings (SSSR count). The van der Waals surface area contributed by atoms with Crippen molar-refractivity contribution < 1.29 is 23.9 Å². The highest BCUT2D eigenvalue weighted by Crippen LogP contribution is 2.34. The third kappa shape index (κ3) is 6.71. The van der Waals surface area contributed by atoms with Crippen LogP contribution in [-0.2, 0) is 9.59 Å². The second kappa shape index (κ2) is 12.6. The van der Waals surface area contributed by atoms with Gasteiger partial charge in [0.05, 0.1) is 5.75 Å². The van der Waals surface area contributed by atoms with Gasteiger partial charge < -0.3 is 30.4 Å². The number of anilines is 2. The van der Waals surface area contributed by atoms with Gasteiger partial charge in [-0.2, -0.15) is 0 Å². The molecule has 43 heavy (non-hydrogen) atoms. The van der Waals surface area contributed by atoms with Gasteiger partial charge >= 0.3 is 0 Å². The zero-order valence-electron chi connectivity index (χ0n) is 22.8. The van der Waals surface area contributed by atoms with Crippen LogP contribution in [0.3, 0.4) is 0 Å². The predicted octanol–water partition coefficient (Wildman–Crippen LogP) is 6.04. The number of fused-ring (bicyclic) bond motifs is 2. The van der Waals surface area contributed by atoms with Gasteiger partial charge in [-0.05, 0) is 60.7 Å². The fourth-order valence-electron chi connectivity index (χ4n) is 4.46. The van der Waals surface area contributed by atoms with Gasteiger partial charge in [-0.15, -0.1) is 11.8 Å². The Hall–Kier alpha value is -5.48. The quantitative estimate of drug-likeness (QED) is 0.123. The molecule has 4 N–H and O–H groups in total. The molecule has 2 heterocycles. The van der Waals surface area contributed by atoms with E-state index in [0.717, 1.165) is 21.4 Å². The Morgan fingerprint density at radius 3 is 2.40 bits per heavy atom. The third-order valence-electron chi connectivity index (χ3n) is 6.59. The van der Waals surface area contributed by atoms with Crippen LogP contribution in [0.1, 0.15) is 15.9 Å². The second-order valence-electron chi connectivity index (χ2n) is 9.55. The van der Waals surface area contributed by atoms with E-state index < -0.39 is 11.8 Å². The molecule has 5 aromatic rings. The Balaban J connectivity index is 1.11. The first kappa shape index (κ1) is 27.7. The van der Waals surface area contributed by atoms with E-state index >= 15 is 0 Å². The number of thioether (sulfide) groups is 1. The lowest BCUT2D eigenvalue weighted by Gasteiger charge is -2.12. The van der Waals surface area contributed by atoms with Crippen molar-refractivity contribution in [3.63, 3.8) is 0 Å². The first-order valence-electron chi connectivity index (χ1n) is 13.4. The molecule has 3 amide bonds. The van der Waals surface area contributed by atoms with Gasteiger partial charge in [0, 0.05) is 50.6 Å². The molecule has 0 saturated heterocycles. The summed E-state index contributed by atoms with van der Waals surface area (Å²) < 4.78 is 10.6. The number of hydrogen-bond donors (Lipinski definition) is 4. The first-order valence-corrected chi connectivity index (χ1v) is 14.4. The topological polar surface area (TPSA) is 122 Å². The predicted molar refractivity (Wildman–Crippen MR) is 167 cm³/mol. The molecule has 0 unspecified atom stereocenters. The summed E-state index contributed by atoms with van der Waals surface area (Å²) in [5.74, 6) is 0.414. The molecule has 1 aliphatic heterocycles. The van der Waals surface area contributed by atoms with Crippen LogP contribution in [0.4, 0.5) is 11.4 Å². The molecule has 0 bridgehead atoms. The van der Waals surface area contributed by atoms with Crippen molar-refractivity contribution in [2.24, 2.45) is 0 Å². The van der Waals surface area contributed by atoms with Crippen molar-refractivity contribution in [3.05, 3.63) is 120 Å². The summed E-state index contributed by atoms with van der Waals surface area (Å²) in [6.45, 7) is 0.170. The van der Waals surface area contributed by atoms with Gasteiger partial charge in [-0.1, -0.05) is 36.4 Å². The summed E-state index contributed by atoms with van der Waals surface area (Å²) >= 11 is 1.36. The monoisotopic (exact) mass is 590 g/mol. The largest absolute Gasteiger partial charge is 0.454 e. The van der Waals surface area contributed by atoms with Crippen molar-refractivity contribution in [2.75, 3.05) is 23.2 Å². The number of para-hydroxylation sites is 1. The maximum atomic E-state index is 13.4. The maximum absolute atomic E-state index is 13.4. The Kier molecular flexibility index (Phi) is 8.10. The van der Waals surface area contributed by atoms with Crippen molar-refractivity contribution in [3.8, 4) is 11.5 Å². The molecular weight excluding hydrogens is 564 g/mol. The number of amides is 3. The summed E-state index contributed by atoms with van der Waals surface area (Å²) in [6.07, 6.45) is 3.44. The van der Waals surface area contributed by atoms with E-state index in [1.54, 1.807) is 66.9 Å². The summed E-state index contributed by atoms with van der Waals surface area (Å²) in [7, 11) is 0. The molecule has 0 fully saturated rings. The van der Waals surface area contributed by atoms with Gasteiger partial charge in [0.2, 0.25) is 12.7 Å². The fourth-order valence-corrected chi connectivity index (χ4v) is 5.16. The van der Waals surface area contributed by atoms with Crippen molar-refractivity contribution in [2.45, 2.75) is 4.90 Å². The number of rotatable bonds is 9. The van der Waals surface area contributed by atoms with Crippen molar-refractivity contribution >= 4 is 57.8 Å². The SMILES string of the molecule is O=C(CSc1ccc(NC(=O)/C(=C\c2c[nH]c3ccccc23)NC(=O)c2ccccc2)cc1)Nc1ccc2c(c1)OCO2. The third-order valence-corrected chi connectivity index (χ3v) is 7.60. The molecule has 0 radical (unpaired) electrons. The molecule has 0 atom stereocenters. The summed E-state index contributed by atoms with van der Waals surface area (Å²) in [5, 5.41) is 9.40. The number of carbonyl (C=O) groups is 3. The van der Waals surface area contributed by atoms with E-state index in [1.807, 2.05) is 42.5 Å². The summed E-state index contributed by atoms with van der Waals surface area (Å²) in [5.41, 5.74) is 3.38. The number of ether oxygens (including phenoxy) is 2. The van der Waals surface area contributed by atoms with Crippen LogP contribution in [0, 0.1) is 0 Å². The lowest BCUT2D eigenvalue weighted by molar-refractivity contribution is -0.114. The molecule has 1 aliphatic rings. The number of aromatic amines is 1. The van der Waals surface area contributed by atoms with E-state index in [0.29, 0.717) is 28.4 Å². The fraction of sp³-hybridized carbons (Fsp3) is 0.0606. The zero-order valence-corrected chi connectivity index (χ0v) is 23.6. The van der Waals surface area contributed by atoms with E-state index in [1.165, 1.54) is 11.8 Å². The molecule has 10 heteroatoms. The van der Waals surface area contributed by atoms with Crippen molar-refractivity contribution in [1.29, 1.82) is 0 Å². The van der Waals surface area contributed by atoms with Gasteiger partial charge in [0.25, 0.3) is 11.8 Å².